The summed E-state index contributed by atoms with van der Waals surface area (Å²) in [6.45, 7) is 0.737. The molecule has 2 aromatic rings. The monoisotopic (exact) mass is 286 g/mol. The molecule has 1 aliphatic heterocycles. The van der Waals surface area contributed by atoms with Gasteiger partial charge in [0.05, 0.1) is 19.4 Å². The number of likely N-dealkylation sites (tertiary alicyclic amines) is 1. The fourth-order valence-electron chi connectivity index (χ4n) is 2.68. The second-order valence-corrected chi connectivity index (χ2v) is 5.03. The molecular weight excluding hydrogens is 268 g/mol. The standard InChI is InChI=1S/C16H18N2O3/c1-20-13-6-2-5-12(11-13)17-16(19)18-9-3-7-14(18)15-8-4-10-21-15/h2,4-6,8,10-11,14H,3,7,9H2,1H3,(H,17,19)/t14-/m0/s1. The van der Waals surface area contributed by atoms with Crippen molar-refractivity contribution < 1.29 is 13.9 Å². The fourth-order valence-corrected chi connectivity index (χ4v) is 2.68. The number of nitrogens with zero attached hydrogens (tertiary/aromatic N) is 1. The summed E-state index contributed by atoms with van der Waals surface area (Å²) in [6.07, 6.45) is 3.56. The lowest BCUT2D eigenvalue weighted by molar-refractivity contribution is 0.200. The van der Waals surface area contributed by atoms with Crippen LogP contribution in [-0.4, -0.2) is 24.6 Å². The lowest BCUT2D eigenvalue weighted by Gasteiger charge is -2.23. The lowest BCUT2D eigenvalue weighted by Crippen LogP contribution is -2.34. The van der Waals surface area contributed by atoms with Gasteiger partial charge in [0, 0.05) is 18.3 Å². The minimum atomic E-state index is -0.109. The zero-order chi connectivity index (χ0) is 14.7. The molecule has 2 amide bonds. The quantitative estimate of drug-likeness (QED) is 0.936. The zero-order valence-electron chi connectivity index (χ0n) is 11.9. The van der Waals surface area contributed by atoms with Crippen LogP contribution in [0.25, 0.3) is 0 Å². The molecule has 1 aromatic carbocycles. The van der Waals surface area contributed by atoms with Gasteiger partial charge in [-0.15, -0.1) is 0 Å². The van der Waals surface area contributed by atoms with Gasteiger partial charge in [0.25, 0.3) is 0 Å². The molecule has 0 spiro atoms. The summed E-state index contributed by atoms with van der Waals surface area (Å²) >= 11 is 0. The lowest BCUT2D eigenvalue weighted by atomic mass is 10.2. The van der Waals surface area contributed by atoms with Crippen LogP contribution in [0.3, 0.4) is 0 Å². The second kappa shape index (κ2) is 5.91. The molecule has 1 atom stereocenters. The van der Waals surface area contributed by atoms with Crippen molar-refractivity contribution in [2.24, 2.45) is 0 Å². The van der Waals surface area contributed by atoms with E-state index < -0.39 is 0 Å². The molecule has 110 valence electrons. The molecule has 1 N–H and O–H groups in total. The van der Waals surface area contributed by atoms with Crippen LogP contribution in [0.15, 0.2) is 47.1 Å². The topological polar surface area (TPSA) is 54.7 Å². The van der Waals surface area contributed by atoms with Gasteiger partial charge in [-0.2, -0.15) is 0 Å². The number of benzene rings is 1. The average molecular weight is 286 g/mol. The SMILES string of the molecule is COc1cccc(NC(=O)N2CCC[C@H]2c2ccco2)c1. The third-order valence-electron chi connectivity index (χ3n) is 3.71. The number of carbonyl (C=O) groups excluding carboxylic acids is 1. The molecule has 0 bridgehead atoms. The minimum Gasteiger partial charge on any atom is -0.497 e. The van der Waals surface area contributed by atoms with Crippen LogP contribution < -0.4 is 10.1 Å². The van der Waals surface area contributed by atoms with Gasteiger partial charge in [0.2, 0.25) is 0 Å². The molecule has 1 aliphatic rings. The van der Waals surface area contributed by atoms with Gasteiger partial charge in [-0.05, 0) is 37.1 Å². The summed E-state index contributed by atoms with van der Waals surface area (Å²) in [5.74, 6) is 1.56. The van der Waals surface area contributed by atoms with Gasteiger partial charge in [0.15, 0.2) is 0 Å². The Kier molecular flexibility index (Phi) is 3.81. The highest BCUT2D eigenvalue weighted by atomic mass is 16.5. The van der Waals surface area contributed by atoms with Crippen LogP contribution in [0.1, 0.15) is 24.6 Å². The largest absolute Gasteiger partial charge is 0.497 e. The van der Waals surface area contributed by atoms with Gasteiger partial charge < -0.3 is 19.4 Å². The van der Waals surface area contributed by atoms with Gasteiger partial charge in [-0.1, -0.05) is 6.07 Å². The summed E-state index contributed by atoms with van der Waals surface area (Å²) in [5, 5.41) is 2.92. The maximum Gasteiger partial charge on any atom is 0.322 e. The third kappa shape index (κ3) is 2.86. The number of furan rings is 1. The number of nitrogens with one attached hydrogen (secondary N) is 1. The Morgan fingerprint density at radius 2 is 2.29 bits per heavy atom. The number of carbonyl (C=O) groups is 1. The molecule has 0 radical (unpaired) electrons. The molecule has 0 unspecified atom stereocenters. The van der Waals surface area contributed by atoms with E-state index in [1.807, 2.05) is 35.2 Å². The van der Waals surface area contributed by atoms with Crippen molar-refractivity contribution in [2.45, 2.75) is 18.9 Å². The predicted molar refractivity (Wildman–Crippen MR) is 79.4 cm³/mol. The first kappa shape index (κ1) is 13.5. The van der Waals surface area contributed by atoms with Crippen molar-refractivity contribution in [3.05, 3.63) is 48.4 Å². The molecule has 3 rings (SSSR count). The van der Waals surface area contributed by atoms with Gasteiger partial charge in [-0.25, -0.2) is 4.79 Å². The number of amides is 2. The van der Waals surface area contributed by atoms with Crippen LogP contribution in [0.5, 0.6) is 5.75 Å². The van der Waals surface area contributed by atoms with Crippen molar-refractivity contribution in [1.29, 1.82) is 0 Å². The van der Waals surface area contributed by atoms with Crippen LogP contribution in [-0.2, 0) is 0 Å². The fraction of sp³-hybridized carbons (Fsp3) is 0.312. The first-order valence-corrected chi connectivity index (χ1v) is 7.03. The zero-order valence-corrected chi connectivity index (χ0v) is 11.9. The highest BCUT2D eigenvalue weighted by molar-refractivity contribution is 5.90. The Balaban J connectivity index is 1.72. The van der Waals surface area contributed by atoms with Crippen molar-refractivity contribution in [3.8, 4) is 5.75 Å². The van der Waals surface area contributed by atoms with E-state index in [9.17, 15) is 4.79 Å². The van der Waals surface area contributed by atoms with Crippen molar-refractivity contribution in [2.75, 3.05) is 19.0 Å². The Morgan fingerprint density at radius 3 is 3.05 bits per heavy atom. The van der Waals surface area contributed by atoms with Crippen LogP contribution in [0, 0.1) is 0 Å². The van der Waals surface area contributed by atoms with E-state index in [0.29, 0.717) is 0 Å². The first-order valence-electron chi connectivity index (χ1n) is 7.03. The molecule has 5 nitrogen and oxygen atoms in total. The summed E-state index contributed by atoms with van der Waals surface area (Å²) < 4.78 is 10.6. The normalized spacial score (nSPS) is 17.8. The molecule has 1 aromatic heterocycles. The molecule has 0 aliphatic carbocycles. The van der Waals surface area contributed by atoms with E-state index in [1.54, 1.807) is 19.4 Å². The number of anilines is 1. The smallest absolute Gasteiger partial charge is 0.322 e. The molecule has 2 heterocycles. The van der Waals surface area contributed by atoms with Crippen LogP contribution in [0.2, 0.25) is 0 Å². The molecule has 0 saturated carbocycles. The predicted octanol–water partition coefficient (Wildman–Crippen LogP) is 3.66. The van der Waals surface area contributed by atoms with E-state index in [-0.39, 0.29) is 12.1 Å². The molecule has 1 fully saturated rings. The molecule has 1 saturated heterocycles. The summed E-state index contributed by atoms with van der Waals surface area (Å²) in [7, 11) is 1.61. The van der Waals surface area contributed by atoms with E-state index in [4.69, 9.17) is 9.15 Å². The van der Waals surface area contributed by atoms with E-state index >= 15 is 0 Å². The Hall–Kier alpha value is -2.43. The van der Waals surface area contributed by atoms with Gasteiger partial charge >= 0.3 is 6.03 Å². The summed E-state index contributed by atoms with van der Waals surface area (Å²) in [5.41, 5.74) is 0.726. The first-order chi connectivity index (χ1) is 10.3. The number of hydrogen-bond acceptors (Lipinski definition) is 3. The van der Waals surface area contributed by atoms with Crippen LogP contribution >= 0.6 is 0 Å². The number of urea groups is 1. The molecule has 21 heavy (non-hydrogen) atoms. The van der Waals surface area contributed by atoms with Gasteiger partial charge in [0.1, 0.15) is 11.5 Å². The maximum atomic E-state index is 12.5. The highest BCUT2D eigenvalue weighted by Gasteiger charge is 2.31. The molecule has 5 heteroatoms. The average Bonchev–Trinajstić information content (AvgIpc) is 3.18. The van der Waals surface area contributed by atoms with Crippen molar-refractivity contribution >= 4 is 11.7 Å². The van der Waals surface area contributed by atoms with Gasteiger partial charge in [-0.3, -0.25) is 0 Å². The third-order valence-corrected chi connectivity index (χ3v) is 3.71. The van der Waals surface area contributed by atoms with E-state index in [2.05, 4.69) is 5.32 Å². The second-order valence-electron chi connectivity index (χ2n) is 5.03. The highest BCUT2D eigenvalue weighted by Crippen LogP contribution is 2.32. The number of ether oxygens (including phenoxy) is 1. The van der Waals surface area contributed by atoms with Crippen molar-refractivity contribution in [3.63, 3.8) is 0 Å². The van der Waals surface area contributed by atoms with E-state index in [1.165, 1.54) is 0 Å². The van der Waals surface area contributed by atoms with E-state index in [0.717, 1.165) is 36.6 Å². The maximum absolute atomic E-state index is 12.5. The van der Waals surface area contributed by atoms with Crippen LogP contribution in [0.4, 0.5) is 10.5 Å². The molecular formula is C16H18N2O3. The van der Waals surface area contributed by atoms with Crippen molar-refractivity contribution in [1.82, 2.24) is 4.90 Å². The number of methoxy groups -OCH3 is 1. The minimum absolute atomic E-state index is 0.0191. The number of hydrogen-bond donors (Lipinski definition) is 1. The Morgan fingerprint density at radius 1 is 1.38 bits per heavy atom. The number of rotatable bonds is 3. The Labute approximate surface area is 123 Å². The Bertz CT molecular complexity index is 610. The summed E-state index contributed by atoms with van der Waals surface area (Å²) in [6, 6.07) is 11.0. The summed E-state index contributed by atoms with van der Waals surface area (Å²) in [4.78, 5) is 14.3.